The van der Waals surface area contributed by atoms with Crippen LogP contribution in [0.3, 0.4) is 0 Å². The van der Waals surface area contributed by atoms with Crippen LogP contribution in [-0.2, 0) is 6.54 Å². The van der Waals surface area contributed by atoms with Gasteiger partial charge in [0.1, 0.15) is 11.6 Å². The Kier molecular flexibility index (Phi) is 3.39. The number of imidazole rings is 1. The molecule has 1 heterocycles. The fourth-order valence-electron chi connectivity index (χ4n) is 2.05. The maximum Gasteiger partial charge on any atom is 0.128 e. The first-order chi connectivity index (χ1) is 8.56. The van der Waals surface area contributed by atoms with Gasteiger partial charge in [0.05, 0.1) is 18.5 Å². The van der Waals surface area contributed by atoms with Crippen molar-refractivity contribution in [2.75, 3.05) is 7.11 Å². The third kappa shape index (κ3) is 2.11. The summed E-state index contributed by atoms with van der Waals surface area (Å²) in [7, 11) is 1.68. The van der Waals surface area contributed by atoms with Crippen molar-refractivity contribution in [1.29, 1.82) is 0 Å². The van der Waals surface area contributed by atoms with Crippen molar-refractivity contribution in [1.82, 2.24) is 9.97 Å². The molecule has 0 aliphatic rings. The van der Waals surface area contributed by atoms with Crippen LogP contribution in [0.25, 0.3) is 11.3 Å². The average Bonchev–Trinajstić information content (AvgIpc) is 2.73. The number of nitrogens with two attached hydrogens (primary N) is 1. The monoisotopic (exact) mass is 245 g/mol. The highest BCUT2D eigenvalue weighted by Crippen LogP contribution is 2.33. The molecule has 0 spiro atoms. The predicted molar refractivity (Wildman–Crippen MR) is 72.7 cm³/mol. The van der Waals surface area contributed by atoms with E-state index in [0.717, 1.165) is 28.5 Å². The molecule has 4 heteroatoms. The summed E-state index contributed by atoms with van der Waals surface area (Å²) in [6, 6.07) is 4.14. The lowest BCUT2D eigenvalue weighted by molar-refractivity contribution is 0.416. The molecule has 0 fully saturated rings. The first kappa shape index (κ1) is 12.6. The van der Waals surface area contributed by atoms with Gasteiger partial charge in [-0.3, -0.25) is 0 Å². The molecule has 0 aliphatic carbocycles. The van der Waals surface area contributed by atoms with E-state index in [2.05, 4.69) is 29.9 Å². The Morgan fingerprint density at radius 3 is 2.50 bits per heavy atom. The molecule has 96 valence electrons. The number of aromatic nitrogens is 2. The fourth-order valence-corrected chi connectivity index (χ4v) is 2.05. The van der Waals surface area contributed by atoms with Gasteiger partial charge in [0.2, 0.25) is 0 Å². The molecule has 2 aromatic rings. The van der Waals surface area contributed by atoms with E-state index >= 15 is 0 Å². The van der Waals surface area contributed by atoms with Crippen molar-refractivity contribution in [2.24, 2.45) is 5.73 Å². The minimum Gasteiger partial charge on any atom is -0.496 e. The summed E-state index contributed by atoms with van der Waals surface area (Å²) in [6.45, 7) is 6.52. The van der Waals surface area contributed by atoms with Crippen LogP contribution in [0.2, 0.25) is 0 Å². The molecule has 0 atom stereocenters. The number of nitrogens with one attached hydrogen (secondary N) is 1. The van der Waals surface area contributed by atoms with Crippen LogP contribution in [0.15, 0.2) is 12.1 Å². The minimum atomic E-state index is 0.437. The first-order valence-electron chi connectivity index (χ1n) is 5.98. The van der Waals surface area contributed by atoms with Crippen LogP contribution < -0.4 is 10.5 Å². The van der Waals surface area contributed by atoms with Crippen LogP contribution in [-0.4, -0.2) is 17.1 Å². The summed E-state index contributed by atoms with van der Waals surface area (Å²) < 4.78 is 5.45. The number of aryl methyl sites for hydroxylation is 3. The summed E-state index contributed by atoms with van der Waals surface area (Å²) in [5.41, 5.74) is 11.0. The maximum absolute atomic E-state index is 5.75. The Morgan fingerprint density at radius 1 is 1.22 bits per heavy atom. The molecule has 0 bridgehead atoms. The zero-order valence-electron chi connectivity index (χ0n) is 11.3. The average molecular weight is 245 g/mol. The Morgan fingerprint density at radius 2 is 1.89 bits per heavy atom. The van der Waals surface area contributed by atoms with Crippen LogP contribution in [0.5, 0.6) is 5.75 Å². The molecule has 3 N–H and O–H groups in total. The SMILES string of the molecule is COc1cc(C)c(C)cc1-c1nc(C)[nH]c1CN. The third-order valence-electron chi connectivity index (χ3n) is 3.17. The second-order valence-corrected chi connectivity index (χ2v) is 4.49. The highest BCUT2D eigenvalue weighted by Gasteiger charge is 2.15. The topological polar surface area (TPSA) is 63.9 Å². The van der Waals surface area contributed by atoms with E-state index < -0.39 is 0 Å². The molecule has 0 aliphatic heterocycles. The van der Waals surface area contributed by atoms with E-state index in [9.17, 15) is 0 Å². The van der Waals surface area contributed by atoms with Crippen LogP contribution in [0.1, 0.15) is 22.6 Å². The van der Waals surface area contributed by atoms with Gasteiger partial charge >= 0.3 is 0 Å². The van der Waals surface area contributed by atoms with Gasteiger partial charge in [0.15, 0.2) is 0 Å². The van der Waals surface area contributed by atoms with Crippen LogP contribution >= 0.6 is 0 Å². The van der Waals surface area contributed by atoms with Crippen LogP contribution in [0, 0.1) is 20.8 Å². The predicted octanol–water partition coefficient (Wildman–Crippen LogP) is 2.47. The minimum absolute atomic E-state index is 0.437. The molecule has 0 saturated carbocycles. The van der Waals surface area contributed by atoms with Gasteiger partial charge in [-0.25, -0.2) is 4.98 Å². The van der Waals surface area contributed by atoms with Crippen molar-refractivity contribution in [3.63, 3.8) is 0 Å². The Labute approximate surface area is 107 Å². The van der Waals surface area contributed by atoms with E-state index in [-0.39, 0.29) is 0 Å². The molecule has 4 nitrogen and oxygen atoms in total. The molecule has 1 aromatic carbocycles. The quantitative estimate of drug-likeness (QED) is 0.873. The number of benzene rings is 1. The summed E-state index contributed by atoms with van der Waals surface area (Å²) in [5.74, 6) is 1.70. The van der Waals surface area contributed by atoms with Gasteiger partial charge in [-0.2, -0.15) is 0 Å². The Bertz CT molecular complexity index is 573. The first-order valence-corrected chi connectivity index (χ1v) is 5.98. The zero-order valence-corrected chi connectivity index (χ0v) is 11.3. The highest BCUT2D eigenvalue weighted by atomic mass is 16.5. The van der Waals surface area contributed by atoms with Crippen molar-refractivity contribution in [3.8, 4) is 17.0 Å². The van der Waals surface area contributed by atoms with E-state index in [1.807, 2.05) is 13.0 Å². The molecule has 0 unspecified atom stereocenters. The number of hydrogen-bond acceptors (Lipinski definition) is 3. The van der Waals surface area contributed by atoms with E-state index in [4.69, 9.17) is 10.5 Å². The number of H-pyrrole nitrogens is 1. The van der Waals surface area contributed by atoms with Gasteiger partial charge in [-0.15, -0.1) is 0 Å². The maximum atomic E-state index is 5.75. The van der Waals surface area contributed by atoms with Gasteiger partial charge in [0, 0.05) is 12.1 Å². The lowest BCUT2D eigenvalue weighted by Crippen LogP contribution is -2.00. The molecule has 1 aromatic heterocycles. The van der Waals surface area contributed by atoms with Gasteiger partial charge < -0.3 is 15.5 Å². The lowest BCUT2D eigenvalue weighted by Gasteiger charge is -2.11. The molecule has 0 radical (unpaired) electrons. The standard InChI is InChI=1S/C14H19N3O/c1-8-5-11(13(18-4)6-9(8)2)14-12(7-15)16-10(3)17-14/h5-6H,7,15H2,1-4H3,(H,16,17). The molecule has 2 rings (SSSR count). The van der Waals surface area contributed by atoms with Gasteiger partial charge in [0.25, 0.3) is 0 Å². The van der Waals surface area contributed by atoms with Crippen molar-refractivity contribution in [2.45, 2.75) is 27.3 Å². The largest absolute Gasteiger partial charge is 0.496 e. The highest BCUT2D eigenvalue weighted by molar-refractivity contribution is 5.71. The summed E-state index contributed by atoms with van der Waals surface area (Å²) >= 11 is 0. The van der Waals surface area contributed by atoms with Gasteiger partial charge in [-0.05, 0) is 44.0 Å². The zero-order chi connectivity index (χ0) is 13.3. The second kappa shape index (κ2) is 4.82. The number of nitrogens with zero attached hydrogens (tertiary/aromatic N) is 1. The van der Waals surface area contributed by atoms with E-state index in [0.29, 0.717) is 6.54 Å². The molecular weight excluding hydrogens is 226 g/mol. The molecule has 0 saturated heterocycles. The number of aromatic amines is 1. The Hall–Kier alpha value is -1.81. The number of hydrogen-bond donors (Lipinski definition) is 2. The van der Waals surface area contributed by atoms with E-state index in [1.165, 1.54) is 11.1 Å². The number of ether oxygens (including phenoxy) is 1. The number of methoxy groups -OCH3 is 1. The van der Waals surface area contributed by atoms with Crippen molar-refractivity contribution < 1.29 is 4.74 Å². The third-order valence-corrected chi connectivity index (χ3v) is 3.17. The Balaban J connectivity index is 2.65. The van der Waals surface area contributed by atoms with Crippen LogP contribution in [0.4, 0.5) is 0 Å². The molecular formula is C14H19N3O. The molecule has 18 heavy (non-hydrogen) atoms. The number of rotatable bonds is 3. The van der Waals surface area contributed by atoms with Crippen molar-refractivity contribution >= 4 is 0 Å². The van der Waals surface area contributed by atoms with Crippen molar-refractivity contribution in [3.05, 3.63) is 34.8 Å². The normalized spacial score (nSPS) is 10.7. The van der Waals surface area contributed by atoms with Gasteiger partial charge in [-0.1, -0.05) is 0 Å². The molecule has 0 amide bonds. The summed E-state index contributed by atoms with van der Waals surface area (Å²) in [4.78, 5) is 7.70. The summed E-state index contributed by atoms with van der Waals surface area (Å²) in [5, 5.41) is 0. The summed E-state index contributed by atoms with van der Waals surface area (Å²) in [6.07, 6.45) is 0. The lowest BCUT2D eigenvalue weighted by atomic mass is 10.0. The smallest absolute Gasteiger partial charge is 0.128 e. The second-order valence-electron chi connectivity index (χ2n) is 4.49. The van der Waals surface area contributed by atoms with E-state index in [1.54, 1.807) is 7.11 Å². The fraction of sp³-hybridized carbons (Fsp3) is 0.357.